The maximum Gasteiger partial charge on any atom is 0.239 e. The lowest BCUT2D eigenvalue weighted by atomic mass is 10.2. The minimum Gasteiger partial charge on any atom is -0.339 e. The highest BCUT2D eigenvalue weighted by molar-refractivity contribution is 9.11. The van der Waals surface area contributed by atoms with Gasteiger partial charge in [0.05, 0.1) is 16.4 Å². The van der Waals surface area contributed by atoms with Gasteiger partial charge in [0.2, 0.25) is 5.91 Å². The Morgan fingerprint density at radius 1 is 1.65 bits per heavy atom. The molecule has 1 saturated heterocycles. The van der Waals surface area contributed by atoms with Crippen LogP contribution in [0.15, 0.2) is 15.9 Å². The maximum absolute atomic E-state index is 12.0. The van der Waals surface area contributed by atoms with Crippen LogP contribution in [0.3, 0.4) is 0 Å². The molecule has 0 bridgehead atoms. The van der Waals surface area contributed by atoms with Crippen molar-refractivity contribution in [1.82, 2.24) is 10.2 Å². The van der Waals surface area contributed by atoms with Crippen LogP contribution in [-0.2, 0) is 11.3 Å². The Kier molecular flexibility index (Phi) is 5.92. The van der Waals surface area contributed by atoms with Gasteiger partial charge in [0.1, 0.15) is 0 Å². The minimum atomic E-state index is 0. The molecule has 0 radical (unpaired) electrons. The van der Waals surface area contributed by atoms with E-state index in [0.717, 1.165) is 23.2 Å². The molecule has 1 aliphatic rings. The highest BCUT2D eigenvalue weighted by atomic mass is 79.9. The summed E-state index contributed by atoms with van der Waals surface area (Å²) in [6.45, 7) is 1.67. The molecule has 1 amide bonds. The Morgan fingerprint density at radius 3 is 2.94 bits per heavy atom. The molecule has 0 spiro atoms. The number of amides is 1. The van der Waals surface area contributed by atoms with E-state index >= 15 is 0 Å². The summed E-state index contributed by atoms with van der Waals surface area (Å²) in [6, 6.07) is 4.11. The van der Waals surface area contributed by atoms with Crippen LogP contribution < -0.4 is 5.32 Å². The van der Waals surface area contributed by atoms with Crippen LogP contribution in [0, 0.1) is 0 Å². The van der Waals surface area contributed by atoms with E-state index in [2.05, 4.69) is 27.3 Å². The molecule has 1 atom stereocenters. The number of nitrogens with zero attached hydrogens (tertiary/aromatic N) is 1. The highest BCUT2D eigenvalue weighted by Crippen LogP contribution is 2.23. The Labute approximate surface area is 120 Å². The quantitative estimate of drug-likeness (QED) is 0.918. The summed E-state index contributed by atoms with van der Waals surface area (Å²) < 4.78 is 1.11. The van der Waals surface area contributed by atoms with Crippen LogP contribution in [0.2, 0.25) is 0 Å². The molecule has 6 heteroatoms. The van der Waals surface area contributed by atoms with Crippen molar-refractivity contribution in [2.75, 3.05) is 13.6 Å². The molecule has 1 aliphatic heterocycles. The van der Waals surface area contributed by atoms with E-state index in [9.17, 15) is 4.79 Å². The molecule has 1 fully saturated rings. The third kappa shape index (κ3) is 3.95. The van der Waals surface area contributed by atoms with Gasteiger partial charge in [-0.25, -0.2) is 0 Å². The predicted molar refractivity (Wildman–Crippen MR) is 76.8 cm³/mol. The second-order valence-electron chi connectivity index (χ2n) is 4.05. The summed E-state index contributed by atoms with van der Waals surface area (Å²) in [7, 11) is 1.87. The second kappa shape index (κ2) is 6.73. The molecule has 1 unspecified atom stereocenters. The zero-order chi connectivity index (χ0) is 11.5. The predicted octanol–water partition coefficient (Wildman–Crippen LogP) is 2.64. The number of nitrogens with one attached hydrogen (secondary N) is 1. The summed E-state index contributed by atoms with van der Waals surface area (Å²) in [5.41, 5.74) is 0. The van der Waals surface area contributed by atoms with E-state index < -0.39 is 0 Å². The topological polar surface area (TPSA) is 32.3 Å². The van der Waals surface area contributed by atoms with Crippen LogP contribution in [0.4, 0.5) is 0 Å². The first-order valence-corrected chi connectivity index (χ1v) is 7.00. The SMILES string of the molecule is CN(Cc1ccc(Br)s1)C(=O)C1CCCN1.Cl. The average molecular weight is 340 g/mol. The first-order valence-electron chi connectivity index (χ1n) is 5.39. The number of carbonyl (C=O) groups excluding carboxylic acids is 1. The number of hydrogen-bond acceptors (Lipinski definition) is 3. The largest absolute Gasteiger partial charge is 0.339 e. The molecule has 0 aromatic carbocycles. The van der Waals surface area contributed by atoms with Crippen molar-refractivity contribution in [3.8, 4) is 0 Å². The van der Waals surface area contributed by atoms with E-state index in [-0.39, 0.29) is 24.4 Å². The lowest BCUT2D eigenvalue weighted by molar-refractivity contribution is -0.132. The fraction of sp³-hybridized carbons (Fsp3) is 0.545. The van der Waals surface area contributed by atoms with Gasteiger partial charge in [0.25, 0.3) is 0 Å². The van der Waals surface area contributed by atoms with Crippen molar-refractivity contribution in [2.24, 2.45) is 0 Å². The van der Waals surface area contributed by atoms with Gasteiger partial charge in [-0.2, -0.15) is 0 Å². The summed E-state index contributed by atoms with van der Waals surface area (Å²) in [6.07, 6.45) is 2.08. The van der Waals surface area contributed by atoms with Gasteiger partial charge in [-0.1, -0.05) is 0 Å². The number of carbonyl (C=O) groups is 1. The first-order chi connectivity index (χ1) is 7.66. The second-order valence-corrected chi connectivity index (χ2v) is 6.60. The maximum atomic E-state index is 12.0. The van der Waals surface area contributed by atoms with Crippen LogP contribution in [0.5, 0.6) is 0 Å². The van der Waals surface area contributed by atoms with Gasteiger partial charge in [-0.3, -0.25) is 4.79 Å². The zero-order valence-corrected chi connectivity index (χ0v) is 12.8. The Bertz CT molecular complexity index is 379. The number of halogens is 2. The lowest BCUT2D eigenvalue weighted by Crippen LogP contribution is -2.41. The molecule has 1 aromatic rings. The monoisotopic (exact) mass is 338 g/mol. The van der Waals surface area contributed by atoms with Gasteiger partial charge in [-0.15, -0.1) is 23.7 Å². The van der Waals surface area contributed by atoms with Crippen LogP contribution in [0.25, 0.3) is 0 Å². The molecular formula is C11H16BrClN2OS. The molecule has 2 heterocycles. The Morgan fingerprint density at radius 2 is 2.41 bits per heavy atom. The number of rotatable bonds is 3. The third-order valence-corrected chi connectivity index (χ3v) is 4.36. The van der Waals surface area contributed by atoms with E-state index in [1.54, 1.807) is 16.2 Å². The normalized spacial score (nSPS) is 18.8. The molecule has 17 heavy (non-hydrogen) atoms. The van der Waals surface area contributed by atoms with Crippen LogP contribution in [-0.4, -0.2) is 30.4 Å². The van der Waals surface area contributed by atoms with Crippen molar-refractivity contribution < 1.29 is 4.79 Å². The third-order valence-electron chi connectivity index (χ3n) is 2.76. The standard InChI is InChI=1S/C11H15BrN2OS.ClH/c1-14(7-8-4-5-10(12)16-8)11(15)9-3-2-6-13-9;/h4-5,9,13H,2-3,6-7H2,1H3;1H. The fourth-order valence-electron chi connectivity index (χ4n) is 1.91. The van der Waals surface area contributed by atoms with Crippen molar-refractivity contribution in [3.05, 3.63) is 20.8 Å². The summed E-state index contributed by atoms with van der Waals surface area (Å²) in [4.78, 5) is 15.0. The lowest BCUT2D eigenvalue weighted by Gasteiger charge is -2.20. The average Bonchev–Trinajstić information content (AvgIpc) is 2.88. The van der Waals surface area contributed by atoms with Crippen molar-refractivity contribution in [1.29, 1.82) is 0 Å². The summed E-state index contributed by atoms with van der Waals surface area (Å²) in [5.74, 6) is 0.210. The molecule has 0 saturated carbocycles. The van der Waals surface area contributed by atoms with Gasteiger partial charge in [0, 0.05) is 11.9 Å². The van der Waals surface area contributed by atoms with Gasteiger partial charge in [-0.05, 0) is 47.4 Å². The van der Waals surface area contributed by atoms with Crippen molar-refractivity contribution >= 4 is 45.6 Å². The van der Waals surface area contributed by atoms with E-state index in [0.29, 0.717) is 6.54 Å². The molecule has 1 aromatic heterocycles. The number of thiophene rings is 1. The summed E-state index contributed by atoms with van der Waals surface area (Å²) in [5, 5.41) is 3.23. The van der Waals surface area contributed by atoms with E-state index in [4.69, 9.17) is 0 Å². The molecule has 96 valence electrons. The number of likely N-dealkylation sites (N-methyl/N-ethyl adjacent to an activating group) is 1. The van der Waals surface area contributed by atoms with E-state index in [1.165, 1.54) is 4.88 Å². The van der Waals surface area contributed by atoms with Crippen molar-refractivity contribution in [3.63, 3.8) is 0 Å². The van der Waals surface area contributed by atoms with Gasteiger partial charge in [0.15, 0.2) is 0 Å². The molecule has 1 N–H and O–H groups in total. The molecule has 0 aliphatic carbocycles. The fourth-order valence-corrected chi connectivity index (χ4v) is 3.45. The number of hydrogen-bond donors (Lipinski definition) is 1. The first kappa shape index (κ1) is 15.0. The van der Waals surface area contributed by atoms with Gasteiger partial charge < -0.3 is 10.2 Å². The van der Waals surface area contributed by atoms with Crippen LogP contribution in [0.1, 0.15) is 17.7 Å². The Balaban J connectivity index is 0.00000144. The van der Waals surface area contributed by atoms with Gasteiger partial charge >= 0.3 is 0 Å². The van der Waals surface area contributed by atoms with E-state index in [1.807, 2.05) is 13.1 Å². The minimum absolute atomic E-state index is 0. The molecule has 2 rings (SSSR count). The summed E-state index contributed by atoms with van der Waals surface area (Å²) >= 11 is 5.11. The zero-order valence-electron chi connectivity index (χ0n) is 9.61. The molecule has 3 nitrogen and oxygen atoms in total. The highest BCUT2D eigenvalue weighted by Gasteiger charge is 2.24. The smallest absolute Gasteiger partial charge is 0.239 e. The van der Waals surface area contributed by atoms with Crippen molar-refractivity contribution in [2.45, 2.75) is 25.4 Å². The molecular weight excluding hydrogens is 324 g/mol. The van der Waals surface area contributed by atoms with Crippen LogP contribution >= 0.6 is 39.7 Å². The Hall–Kier alpha value is -0.100.